The topological polar surface area (TPSA) is 120 Å². The summed E-state index contributed by atoms with van der Waals surface area (Å²) in [5, 5.41) is 14.2. The molecule has 3 heterocycles. The first kappa shape index (κ1) is 32.3. The maximum atomic E-state index is 12.6. The number of benzene rings is 1. The van der Waals surface area contributed by atoms with E-state index in [4.69, 9.17) is 24.5 Å². The lowest BCUT2D eigenvalue weighted by molar-refractivity contribution is -0.193. The minimum atomic E-state index is -5.08. The van der Waals surface area contributed by atoms with Gasteiger partial charge in [0.1, 0.15) is 5.75 Å². The molecule has 2 aromatic rings. The van der Waals surface area contributed by atoms with Crippen LogP contribution in [-0.4, -0.2) is 80.9 Å². The van der Waals surface area contributed by atoms with Crippen molar-refractivity contribution < 1.29 is 55.7 Å². The van der Waals surface area contributed by atoms with Crippen molar-refractivity contribution in [3.63, 3.8) is 0 Å². The van der Waals surface area contributed by atoms with Gasteiger partial charge in [0.25, 0.3) is 0 Å². The van der Waals surface area contributed by atoms with Crippen LogP contribution in [0.3, 0.4) is 0 Å². The number of fused-ring (bicyclic) bond motifs is 1. The molecule has 4 rings (SSSR count). The van der Waals surface area contributed by atoms with E-state index in [9.17, 15) is 31.1 Å². The number of ether oxygens (including phenoxy) is 1. The molecule has 0 unspecified atom stereocenters. The van der Waals surface area contributed by atoms with Crippen LogP contribution < -0.4 is 4.74 Å². The molecule has 15 heteroatoms. The number of rotatable bonds is 5. The number of methoxy groups -OCH3 is 1. The van der Waals surface area contributed by atoms with Gasteiger partial charge in [0.05, 0.1) is 19.3 Å². The van der Waals surface area contributed by atoms with Crippen LogP contribution in [0.1, 0.15) is 29.8 Å². The Labute approximate surface area is 225 Å². The van der Waals surface area contributed by atoms with Gasteiger partial charge in [-0.2, -0.15) is 26.3 Å². The van der Waals surface area contributed by atoms with Gasteiger partial charge in [0.2, 0.25) is 5.91 Å². The lowest BCUT2D eigenvalue weighted by atomic mass is 10.1. The molecule has 0 spiro atoms. The fourth-order valence-corrected chi connectivity index (χ4v) is 4.24. The lowest BCUT2D eigenvalue weighted by Crippen LogP contribution is -2.36. The van der Waals surface area contributed by atoms with Crippen molar-refractivity contribution >= 4 is 17.8 Å². The van der Waals surface area contributed by atoms with Gasteiger partial charge in [-0.3, -0.25) is 14.7 Å². The number of aliphatic carboxylic acids is 2. The number of alkyl halides is 6. The Morgan fingerprint density at radius 1 is 0.950 bits per heavy atom. The van der Waals surface area contributed by atoms with Gasteiger partial charge in [-0.05, 0) is 43.2 Å². The summed E-state index contributed by atoms with van der Waals surface area (Å²) in [6.45, 7) is 4.53. The number of halogens is 6. The number of nitrogens with zero attached hydrogens (tertiary/aromatic N) is 3. The summed E-state index contributed by atoms with van der Waals surface area (Å²) in [5.41, 5.74) is 3.24. The Balaban J connectivity index is 0.000000333. The molecule has 1 aromatic heterocycles. The van der Waals surface area contributed by atoms with Crippen molar-refractivity contribution in [2.24, 2.45) is 0 Å². The molecule has 1 amide bonds. The number of carbonyl (C=O) groups is 3. The normalized spacial score (nSPS) is 18.7. The second-order valence-electron chi connectivity index (χ2n) is 8.84. The molecule has 0 bridgehead atoms. The van der Waals surface area contributed by atoms with Crippen LogP contribution in [0.25, 0.3) is 0 Å². The number of amides is 1. The maximum Gasteiger partial charge on any atom is 0.490 e. The predicted molar refractivity (Wildman–Crippen MR) is 127 cm³/mol. The number of carboxylic acids is 2. The molecule has 0 radical (unpaired) electrons. The van der Waals surface area contributed by atoms with E-state index in [0.29, 0.717) is 25.0 Å². The summed E-state index contributed by atoms with van der Waals surface area (Å²) in [7, 11) is 1.68. The minimum absolute atomic E-state index is 0.253. The van der Waals surface area contributed by atoms with E-state index >= 15 is 0 Å². The van der Waals surface area contributed by atoms with Gasteiger partial charge in [-0.25, -0.2) is 9.59 Å². The SMILES string of the molecule is COc1ccc(CN2CC[C@H]3[C@H]2CC(=O)N3Cc2cccc(C)n2)cc1.O=C(O)C(F)(F)F.O=C(O)C(F)(F)F. The van der Waals surface area contributed by atoms with E-state index in [1.54, 1.807) is 7.11 Å². The van der Waals surface area contributed by atoms with Crippen molar-refractivity contribution in [3.8, 4) is 5.75 Å². The number of hydrogen-bond donors (Lipinski definition) is 2. The smallest absolute Gasteiger partial charge is 0.490 e. The Morgan fingerprint density at radius 3 is 1.98 bits per heavy atom. The number of pyridine rings is 1. The highest BCUT2D eigenvalue weighted by Crippen LogP contribution is 2.34. The van der Waals surface area contributed by atoms with Crippen molar-refractivity contribution in [1.82, 2.24) is 14.8 Å². The van der Waals surface area contributed by atoms with Crippen molar-refractivity contribution in [1.29, 1.82) is 0 Å². The number of likely N-dealkylation sites (tertiary alicyclic amines) is 2. The maximum absolute atomic E-state index is 12.6. The quantitative estimate of drug-likeness (QED) is 0.510. The van der Waals surface area contributed by atoms with Crippen LogP contribution >= 0.6 is 0 Å². The van der Waals surface area contributed by atoms with E-state index < -0.39 is 24.3 Å². The molecule has 2 saturated heterocycles. The summed E-state index contributed by atoms with van der Waals surface area (Å²) in [5.74, 6) is -4.39. The highest BCUT2D eigenvalue weighted by molar-refractivity contribution is 5.80. The highest BCUT2D eigenvalue weighted by atomic mass is 19.4. The van der Waals surface area contributed by atoms with Crippen LogP contribution in [0.4, 0.5) is 26.3 Å². The first-order chi connectivity index (χ1) is 18.5. The summed E-state index contributed by atoms with van der Waals surface area (Å²) in [6.07, 6.45) is -8.51. The van der Waals surface area contributed by atoms with Crippen LogP contribution in [-0.2, 0) is 27.5 Å². The van der Waals surface area contributed by atoms with Crippen LogP contribution in [0.15, 0.2) is 42.5 Å². The molecule has 9 nitrogen and oxygen atoms in total. The Kier molecular flexibility index (Phi) is 10.9. The lowest BCUT2D eigenvalue weighted by Gasteiger charge is -2.25. The first-order valence-electron chi connectivity index (χ1n) is 11.7. The van der Waals surface area contributed by atoms with Gasteiger partial charge in [-0.15, -0.1) is 0 Å². The average Bonchev–Trinajstić information content (AvgIpc) is 3.38. The van der Waals surface area contributed by atoms with E-state index in [1.165, 1.54) is 5.56 Å². The van der Waals surface area contributed by atoms with Gasteiger partial charge in [0, 0.05) is 37.3 Å². The molecular formula is C25H27F6N3O6. The number of hydrogen-bond acceptors (Lipinski definition) is 6. The zero-order chi connectivity index (χ0) is 30.3. The Morgan fingerprint density at radius 2 is 1.50 bits per heavy atom. The van der Waals surface area contributed by atoms with Crippen molar-refractivity contribution in [2.45, 2.75) is 57.3 Å². The predicted octanol–water partition coefficient (Wildman–Crippen LogP) is 4.04. The fourth-order valence-electron chi connectivity index (χ4n) is 4.24. The summed E-state index contributed by atoms with van der Waals surface area (Å²) in [4.78, 5) is 39.5. The van der Waals surface area contributed by atoms with Gasteiger partial charge in [-0.1, -0.05) is 18.2 Å². The third-order valence-electron chi connectivity index (χ3n) is 6.04. The molecule has 2 aliphatic rings. The molecule has 2 N–H and O–H groups in total. The molecule has 2 atom stereocenters. The standard InChI is InChI=1S/C21H25N3O2.2C2HF3O2/c1-15-4-3-5-17(22-15)14-24-19-10-11-23(20(19)12-21(24)25)13-16-6-8-18(26-2)9-7-16;2*3-2(4,5)1(6)7/h3-9,19-20H,10-14H2,1-2H3;2*(H,6,7)/t19-,20+;;/m0../s1. The molecule has 2 aliphatic heterocycles. The molecule has 220 valence electrons. The van der Waals surface area contributed by atoms with Crippen LogP contribution in [0, 0.1) is 6.92 Å². The zero-order valence-corrected chi connectivity index (χ0v) is 21.4. The largest absolute Gasteiger partial charge is 0.497 e. The molecule has 40 heavy (non-hydrogen) atoms. The van der Waals surface area contributed by atoms with E-state index in [1.807, 2.05) is 42.2 Å². The summed E-state index contributed by atoms with van der Waals surface area (Å²) >= 11 is 0. The van der Waals surface area contributed by atoms with Gasteiger partial charge in [0.15, 0.2) is 0 Å². The van der Waals surface area contributed by atoms with E-state index in [0.717, 1.165) is 36.6 Å². The molecular weight excluding hydrogens is 552 g/mol. The first-order valence-corrected chi connectivity index (χ1v) is 11.7. The number of carboxylic acid groups (broad SMARTS) is 2. The van der Waals surface area contributed by atoms with Crippen molar-refractivity contribution in [3.05, 3.63) is 59.4 Å². The molecule has 0 saturated carbocycles. The minimum Gasteiger partial charge on any atom is -0.497 e. The third kappa shape index (κ3) is 9.39. The number of aromatic nitrogens is 1. The average molecular weight is 579 g/mol. The summed E-state index contributed by atoms with van der Waals surface area (Å²) < 4.78 is 68.7. The number of carbonyl (C=O) groups excluding carboxylic acids is 1. The zero-order valence-electron chi connectivity index (χ0n) is 21.4. The Bertz CT molecular complexity index is 1150. The Hall–Kier alpha value is -3.88. The fraction of sp³-hybridized carbons (Fsp3) is 0.440. The second kappa shape index (κ2) is 13.5. The number of aryl methyl sites for hydroxylation is 1. The second-order valence-corrected chi connectivity index (χ2v) is 8.84. The van der Waals surface area contributed by atoms with Crippen LogP contribution in [0.5, 0.6) is 5.75 Å². The van der Waals surface area contributed by atoms with Crippen LogP contribution in [0.2, 0.25) is 0 Å². The van der Waals surface area contributed by atoms with E-state index in [2.05, 4.69) is 22.0 Å². The van der Waals surface area contributed by atoms with E-state index in [-0.39, 0.29) is 5.91 Å². The monoisotopic (exact) mass is 579 g/mol. The van der Waals surface area contributed by atoms with Gasteiger partial charge < -0.3 is 19.8 Å². The van der Waals surface area contributed by atoms with Crippen molar-refractivity contribution in [2.75, 3.05) is 13.7 Å². The summed E-state index contributed by atoms with van der Waals surface area (Å²) in [6, 6.07) is 14.9. The molecule has 1 aromatic carbocycles. The third-order valence-corrected chi connectivity index (χ3v) is 6.04. The highest BCUT2D eigenvalue weighted by Gasteiger charge is 2.46. The van der Waals surface area contributed by atoms with Gasteiger partial charge >= 0.3 is 24.3 Å². The molecule has 2 fully saturated rings. The molecule has 0 aliphatic carbocycles.